The Labute approximate surface area is 211 Å². The number of hydrogen-bond donors (Lipinski definition) is 2. The molecule has 7 nitrogen and oxygen atoms in total. The molecule has 1 fully saturated rings. The SMILES string of the molecule is Cc1c[nH]c2ncc(-c3cc4c(c(C5CCCN5)c3)CN(C(=O)c3cnc(C(F)(F)F)nc3)CC4)cc12. The van der Waals surface area contributed by atoms with Crippen LogP contribution in [-0.4, -0.2) is 43.8 Å². The molecule has 0 aliphatic carbocycles. The summed E-state index contributed by atoms with van der Waals surface area (Å²) in [6.07, 6.45) is 3.84. The molecule has 1 amide bonds. The first kappa shape index (κ1) is 23.6. The summed E-state index contributed by atoms with van der Waals surface area (Å²) in [7, 11) is 0. The number of benzene rings is 1. The highest BCUT2D eigenvalue weighted by Gasteiger charge is 2.35. The van der Waals surface area contributed by atoms with E-state index in [-0.39, 0.29) is 17.5 Å². The van der Waals surface area contributed by atoms with Crippen molar-refractivity contribution in [1.29, 1.82) is 0 Å². The molecule has 0 radical (unpaired) electrons. The van der Waals surface area contributed by atoms with Gasteiger partial charge in [0, 0.05) is 54.9 Å². The molecule has 1 atom stereocenters. The summed E-state index contributed by atoms with van der Waals surface area (Å²) in [4.78, 5) is 29.3. The third-order valence-corrected chi connectivity index (χ3v) is 7.32. The maximum absolute atomic E-state index is 13.2. The second-order valence-corrected chi connectivity index (χ2v) is 9.71. The van der Waals surface area contributed by atoms with Crippen LogP contribution in [0.4, 0.5) is 13.2 Å². The molecule has 0 spiro atoms. The molecule has 5 heterocycles. The van der Waals surface area contributed by atoms with Crippen molar-refractivity contribution in [3.63, 3.8) is 0 Å². The highest BCUT2D eigenvalue weighted by Crippen LogP contribution is 2.36. The van der Waals surface area contributed by atoms with Gasteiger partial charge in [0.1, 0.15) is 5.65 Å². The van der Waals surface area contributed by atoms with Gasteiger partial charge in [0.05, 0.1) is 5.56 Å². The van der Waals surface area contributed by atoms with Crippen LogP contribution >= 0.6 is 0 Å². The fourth-order valence-corrected chi connectivity index (χ4v) is 5.36. The Bertz CT molecular complexity index is 1490. The largest absolute Gasteiger partial charge is 0.451 e. The summed E-state index contributed by atoms with van der Waals surface area (Å²) in [5.74, 6) is -1.62. The molecular weight excluding hydrogens is 481 g/mol. The van der Waals surface area contributed by atoms with Gasteiger partial charge in [0.15, 0.2) is 0 Å². The van der Waals surface area contributed by atoms with Crippen LogP contribution in [0.3, 0.4) is 0 Å². The van der Waals surface area contributed by atoms with E-state index < -0.39 is 12.0 Å². The van der Waals surface area contributed by atoms with Crippen LogP contribution in [0.2, 0.25) is 0 Å². The maximum atomic E-state index is 13.2. The second-order valence-electron chi connectivity index (χ2n) is 9.71. The predicted molar refractivity (Wildman–Crippen MR) is 132 cm³/mol. The van der Waals surface area contributed by atoms with Gasteiger partial charge >= 0.3 is 6.18 Å². The number of aryl methyl sites for hydroxylation is 1. The first-order valence-corrected chi connectivity index (χ1v) is 12.3. The smallest absolute Gasteiger partial charge is 0.346 e. The molecule has 37 heavy (non-hydrogen) atoms. The first-order valence-electron chi connectivity index (χ1n) is 12.3. The van der Waals surface area contributed by atoms with Crippen molar-refractivity contribution >= 4 is 16.9 Å². The van der Waals surface area contributed by atoms with Crippen molar-refractivity contribution in [2.24, 2.45) is 0 Å². The van der Waals surface area contributed by atoms with Gasteiger partial charge in [-0.3, -0.25) is 4.79 Å². The number of nitrogens with zero attached hydrogens (tertiary/aromatic N) is 4. The molecule has 190 valence electrons. The number of amides is 1. The van der Waals surface area contributed by atoms with E-state index in [1.165, 1.54) is 5.56 Å². The fourth-order valence-electron chi connectivity index (χ4n) is 5.36. The molecule has 0 bridgehead atoms. The van der Waals surface area contributed by atoms with E-state index in [1.54, 1.807) is 4.90 Å². The summed E-state index contributed by atoms with van der Waals surface area (Å²) >= 11 is 0. The number of pyridine rings is 1. The minimum atomic E-state index is -4.65. The zero-order valence-corrected chi connectivity index (χ0v) is 20.2. The van der Waals surface area contributed by atoms with Crippen molar-refractivity contribution in [1.82, 2.24) is 30.2 Å². The number of rotatable bonds is 3. The molecule has 10 heteroatoms. The molecule has 6 rings (SSSR count). The van der Waals surface area contributed by atoms with Crippen LogP contribution in [0.15, 0.2) is 43.0 Å². The standard InChI is InChI=1S/C27H25F3N6O/c1-15-10-32-24-20(15)9-18(11-33-24)17-7-16-4-6-36(14-22(16)21(8-17)23-3-2-5-31-23)25(37)19-12-34-26(35-13-19)27(28,29)30/h7-13,23,31H,2-6,14H2,1H3,(H,32,33). The minimum Gasteiger partial charge on any atom is -0.346 e. The maximum Gasteiger partial charge on any atom is 0.451 e. The van der Waals surface area contributed by atoms with Gasteiger partial charge in [-0.05, 0) is 72.7 Å². The van der Waals surface area contributed by atoms with Crippen LogP contribution in [0.5, 0.6) is 0 Å². The number of alkyl halides is 3. The number of carbonyl (C=O) groups excluding carboxylic acids is 1. The number of fused-ring (bicyclic) bond motifs is 2. The van der Waals surface area contributed by atoms with E-state index in [9.17, 15) is 18.0 Å². The number of carbonyl (C=O) groups is 1. The summed E-state index contributed by atoms with van der Waals surface area (Å²) in [5, 5.41) is 4.67. The van der Waals surface area contributed by atoms with Gasteiger partial charge in [-0.15, -0.1) is 0 Å². The quantitative estimate of drug-likeness (QED) is 0.410. The molecule has 2 aliphatic heterocycles. The van der Waals surface area contributed by atoms with Crippen LogP contribution in [0.25, 0.3) is 22.2 Å². The molecule has 4 aromatic rings. The first-order chi connectivity index (χ1) is 17.8. The Morgan fingerprint density at radius 2 is 1.89 bits per heavy atom. The average molecular weight is 507 g/mol. The number of aromatic amines is 1. The van der Waals surface area contributed by atoms with Gasteiger partial charge in [0.2, 0.25) is 5.82 Å². The molecule has 1 aromatic carbocycles. The lowest BCUT2D eigenvalue weighted by Crippen LogP contribution is -2.37. The van der Waals surface area contributed by atoms with Gasteiger partial charge in [0.25, 0.3) is 5.91 Å². The summed E-state index contributed by atoms with van der Waals surface area (Å²) in [5.41, 5.74) is 7.62. The van der Waals surface area contributed by atoms with Gasteiger partial charge in [-0.25, -0.2) is 15.0 Å². The van der Waals surface area contributed by atoms with Crippen molar-refractivity contribution in [2.45, 2.75) is 44.9 Å². The fraction of sp³-hybridized carbons (Fsp3) is 0.333. The molecule has 1 saturated heterocycles. The number of hydrogen-bond acceptors (Lipinski definition) is 5. The second kappa shape index (κ2) is 8.95. The topological polar surface area (TPSA) is 86.8 Å². The minimum absolute atomic E-state index is 0.0508. The van der Waals surface area contributed by atoms with Crippen LogP contribution in [0.1, 0.15) is 57.3 Å². The van der Waals surface area contributed by atoms with Crippen molar-refractivity contribution in [3.05, 3.63) is 76.6 Å². The number of halogens is 3. The highest BCUT2D eigenvalue weighted by atomic mass is 19.4. The highest BCUT2D eigenvalue weighted by molar-refractivity contribution is 5.94. The van der Waals surface area contributed by atoms with E-state index in [1.807, 2.05) is 12.4 Å². The van der Waals surface area contributed by atoms with Crippen LogP contribution in [0, 0.1) is 6.92 Å². The molecule has 2 N–H and O–H groups in total. The third-order valence-electron chi connectivity index (χ3n) is 7.32. The van der Waals surface area contributed by atoms with Gasteiger partial charge < -0.3 is 15.2 Å². The van der Waals surface area contributed by atoms with Crippen molar-refractivity contribution < 1.29 is 18.0 Å². The zero-order valence-electron chi connectivity index (χ0n) is 20.2. The number of nitrogens with one attached hydrogen (secondary N) is 2. The molecule has 0 saturated carbocycles. The Morgan fingerprint density at radius 1 is 1.08 bits per heavy atom. The summed E-state index contributed by atoms with van der Waals surface area (Å²) < 4.78 is 38.5. The lowest BCUT2D eigenvalue weighted by molar-refractivity contribution is -0.145. The monoisotopic (exact) mass is 506 g/mol. The zero-order chi connectivity index (χ0) is 25.7. The van der Waals surface area contributed by atoms with Gasteiger partial charge in [-0.2, -0.15) is 13.2 Å². The van der Waals surface area contributed by atoms with E-state index in [4.69, 9.17) is 0 Å². The lowest BCUT2D eigenvalue weighted by atomic mass is 9.87. The van der Waals surface area contributed by atoms with Crippen molar-refractivity contribution in [2.75, 3.05) is 13.1 Å². The third kappa shape index (κ3) is 4.35. The van der Waals surface area contributed by atoms with E-state index in [0.29, 0.717) is 19.5 Å². The van der Waals surface area contributed by atoms with Crippen LogP contribution < -0.4 is 5.32 Å². The average Bonchev–Trinajstić information content (AvgIpc) is 3.57. The Balaban J connectivity index is 1.34. The summed E-state index contributed by atoms with van der Waals surface area (Å²) in [6, 6.07) is 6.72. The van der Waals surface area contributed by atoms with E-state index in [0.717, 1.165) is 70.6 Å². The summed E-state index contributed by atoms with van der Waals surface area (Å²) in [6.45, 7) is 3.84. The Morgan fingerprint density at radius 3 is 2.62 bits per heavy atom. The molecule has 2 aliphatic rings. The normalized spacial score (nSPS) is 17.8. The Kier molecular flexibility index (Phi) is 5.71. The molecule has 3 aromatic heterocycles. The van der Waals surface area contributed by atoms with Crippen molar-refractivity contribution in [3.8, 4) is 11.1 Å². The molecule has 1 unspecified atom stereocenters. The predicted octanol–water partition coefficient (Wildman–Crippen LogP) is 4.97. The number of aromatic nitrogens is 4. The van der Waals surface area contributed by atoms with Gasteiger partial charge in [-0.1, -0.05) is 6.07 Å². The number of H-pyrrole nitrogens is 1. The van der Waals surface area contributed by atoms with E-state index >= 15 is 0 Å². The lowest BCUT2D eigenvalue weighted by Gasteiger charge is -2.32. The van der Waals surface area contributed by atoms with E-state index in [2.05, 4.69) is 50.4 Å². The Hall–Kier alpha value is -3.79. The molecular formula is C27H25F3N6O. The van der Waals surface area contributed by atoms with Crippen LogP contribution in [-0.2, 0) is 19.1 Å².